The molecule has 0 aromatic carbocycles. The first-order valence-corrected chi connectivity index (χ1v) is 6.60. The quantitative estimate of drug-likeness (QED) is 0.541. The molecule has 0 aromatic rings. The summed E-state index contributed by atoms with van der Waals surface area (Å²) in [6.45, 7) is 5.06. The summed E-state index contributed by atoms with van der Waals surface area (Å²) in [5, 5.41) is 8.95. The number of methoxy groups -OCH3 is 2. The van der Waals surface area contributed by atoms with Crippen LogP contribution in [-0.4, -0.2) is 37.2 Å². The summed E-state index contributed by atoms with van der Waals surface area (Å²) >= 11 is 0. The van der Waals surface area contributed by atoms with Crippen LogP contribution in [0.15, 0.2) is 0 Å². The van der Waals surface area contributed by atoms with Crippen molar-refractivity contribution in [2.45, 2.75) is 84.6 Å². The van der Waals surface area contributed by atoms with Gasteiger partial charge in [-0.3, -0.25) is 14.4 Å². The van der Waals surface area contributed by atoms with Gasteiger partial charge in [-0.15, -0.1) is 0 Å². The number of esters is 2. The topological polar surface area (TPSA) is 89.9 Å². The molecule has 6 heteroatoms. The van der Waals surface area contributed by atoms with Crippen molar-refractivity contribution < 1.29 is 29.0 Å². The zero-order valence-electron chi connectivity index (χ0n) is 12.8. The largest absolute Gasteiger partial charge is 0.481 e. The van der Waals surface area contributed by atoms with Gasteiger partial charge >= 0.3 is 17.9 Å². The Morgan fingerprint density at radius 2 is 1.38 bits per heavy atom. The normalized spacial score (nSPS) is 12.8. The van der Waals surface area contributed by atoms with Gasteiger partial charge in [0.05, 0.1) is 31.5 Å². The van der Waals surface area contributed by atoms with Crippen LogP contribution < -0.4 is 0 Å². The molecule has 0 aliphatic rings. The number of carboxylic acids is 1. The molecule has 0 rings (SSSR count). The highest BCUT2D eigenvalue weighted by Crippen LogP contribution is 2.34. The van der Waals surface area contributed by atoms with E-state index in [4.69, 9.17) is 14.6 Å². The molecule has 0 saturated carbocycles. The average molecular weight is 385 g/mol. The van der Waals surface area contributed by atoms with Gasteiger partial charge in [0.2, 0.25) is 0 Å². The molecule has 0 aliphatic carbocycles. The lowest BCUT2D eigenvalue weighted by Gasteiger charge is -2.29. The lowest BCUT2D eigenvalue weighted by atomic mass is 9.76. The number of aliphatic carboxylic acids is 1. The third-order valence-electron chi connectivity index (χ3n) is 3.75. The summed E-state index contributed by atoms with van der Waals surface area (Å²) in [5.41, 5.74) is -0.828. The predicted molar refractivity (Wildman–Crippen MR) is 112 cm³/mol. The van der Waals surface area contributed by atoms with E-state index in [0.717, 1.165) is 0 Å². The van der Waals surface area contributed by atoms with Crippen molar-refractivity contribution in [1.82, 2.24) is 0 Å². The second-order valence-corrected chi connectivity index (χ2v) is 5.30. The fourth-order valence-corrected chi connectivity index (χ4v) is 2.12. The first kappa shape index (κ1) is 44.1. The molecule has 0 radical (unpaired) electrons. The maximum Gasteiger partial charge on any atom is 0.311 e. The first-order chi connectivity index (χ1) is 9.21. The van der Waals surface area contributed by atoms with Gasteiger partial charge < -0.3 is 14.6 Å². The summed E-state index contributed by atoms with van der Waals surface area (Å²) in [7, 11) is 2.55. The maximum atomic E-state index is 11.8. The first-order valence-electron chi connectivity index (χ1n) is 6.60. The molecular weight excluding hydrogens is 336 g/mol. The Balaban J connectivity index is -0.000000120. The van der Waals surface area contributed by atoms with Gasteiger partial charge in [0.1, 0.15) is 0 Å². The van der Waals surface area contributed by atoms with Crippen LogP contribution >= 0.6 is 0 Å². The monoisotopic (exact) mass is 384 g/mol. The molecule has 164 valence electrons. The van der Waals surface area contributed by atoms with Crippen LogP contribution in [-0.2, 0) is 23.9 Å². The van der Waals surface area contributed by atoms with Crippen LogP contribution in [0.25, 0.3) is 0 Å². The summed E-state index contributed by atoms with van der Waals surface area (Å²) in [4.78, 5) is 34.6. The number of carbonyl (C=O) groups is 3. The van der Waals surface area contributed by atoms with E-state index in [2.05, 4.69) is 0 Å². The molecule has 3 atom stereocenters. The van der Waals surface area contributed by atoms with Crippen LogP contribution in [0.1, 0.15) is 84.6 Å². The van der Waals surface area contributed by atoms with Gasteiger partial charge in [-0.1, -0.05) is 58.4 Å². The molecule has 0 heterocycles. The maximum absolute atomic E-state index is 11.8. The molecule has 0 fully saturated rings. The van der Waals surface area contributed by atoms with E-state index in [0.29, 0.717) is 6.42 Å². The smallest absolute Gasteiger partial charge is 0.311 e. The molecule has 26 heavy (non-hydrogen) atoms. The molecular formula is C20H48O6. The summed E-state index contributed by atoms with van der Waals surface area (Å²) < 4.78 is 9.48. The van der Waals surface area contributed by atoms with E-state index in [1.165, 1.54) is 21.1 Å². The summed E-state index contributed by atoms with van der Waals surface area (Å²) in [6, 6.07) is 0. The second-order valence-electron chi connectivity index (χ2n) is 5.30. The van der Waals surface area contributed by atoms with E-state index in [1.807, 2.05) is 6.92 Å². The van der Waals surface area contributed by atoms with Gasteiger partial charge in [-0.25, -0.2) is 0 Å². The highest BCUT2D eigenvalue weighted by molar-refractivity contribution is 5.79. The Kier molecular flexibility index (Phi) is 33.5. The number of hydrogen-bond acceptors (Lipinski definition) is 5. The minimum Gasteiger partial charge on any atom is -0.481 e. The third kappa shape index (κ3) is 12.7. The van der Waals surface area contributed by atoms with Crippen LogP contribution in [0.4, 0.5) is 0 Å². The van der Waals surface area contributed by atoms with Crippen molar-refractivity contribution in [3.05, 3.63) is 0 Å². The fourth-order valence-electron chi connectivity index (χ4n) is 2.12. The van der Waals surface area contributed by atoms with Crippen molar-refractivity contribution in [2.24, 2.45) is 17.3 Å². The number of rotatable bonds is 8. The van der Waals surface area contributed by atoms with Crippen molar-refractivity contribution in [3.63, 3.8) is 0 Å². The van der Waals surface area contributed by atoms with Gasteiger partial charge in [0.15, 0.2) is 0 Å². The molecule has 0 spiro atoms. The van der Waals surface area contributed by atoms with Crippen LogP contribution in [0.3, 0.4) is 0 Å². The Labute approximate surface area is 163 Å². The van der Waals surface area contributed by atoms with Crippen LogP contribution in [0.2, 0.25) is 0 Å². The third-order valence-corrected chi connectivity index (χ3v) is 3.75. The Morgan fingerprint density at radius 1 is 0.962 bits per heavy atom. The molecule has 3 unspecified atom stereocenters. The van der Waals surface area contributed by atoms with Gasteiger partial charge in [-0.05, 0) is 26.2 Å². The highest BCUT2D eigenvalue weighted by atomic mass is 16.5. The standard InChI is InChI=1S/C14H24O6.6CH4/c1-6-14(3,13(18)20-5)8-10(12(17)19-4)7-9(2)11(15)16;;;;;;/h9-10H,6-8H2,1-5H3,(H,15,16);6*1H4. The van der Waals surface area contributed by atoms with Gasteiger partial charge in [0.25, 0.3) is 0 Å². The SMILES string of the molecule is C.C.C.C.C.C.CCC(C)(CC(CC(C)C(=O)O)C(=O)OC)C(=O)OC. The predicted octanol–water partition coefficient (Wildman–Crippen LogP) is 5.68. The Hall–Kier alpha value is -1.59. The Morgan fingerprint density at radius 3 is 1.65 bits per heavy atom. The molecule has 0 bridgehead atoms. The van der Waals surface area contributed by atoms with E-state index in [-0.39, 0.29) is 57.4 Å². The van der Waals surface area contributed by atoms with Crippen LogP contribution in [0.5, 0.6) is 0 Å². The zero-order valence-corrected chi connectivity index (χ0v) is 12.8. The van der Waals surface area contributed by atoms with Crippen molar-refractivity contribution >= 4 is 17.9 Å². The minimum atomic E-state index is -0.977. The highest BCUT2D eigenvalue weighted by Gasteiger charge is 2.38. The number of carbonyl (C=O) groups excluding carboxylic acids is 2. The fraction of sp³-hybridized carbons (Fsp3) is 0.850. The van der Waals surface area contributed by atoms with Crippen LogP contribution in [0, 0.1) is 17.3 Å². The minimum absolute atomic E-state index is 0. The lowest BCUT2D eigenvalue weighted by molar-refractivity contribution is -0.156. The number of ether oxygens (including phenoxy) is 2. The molecule has 0 saturated heterocycles. The van der Waals surface area contributed by atoms with E-state index < -0.39 is 35.2 Å². The van der Waals surface area contributed by atoms with Crippen molar-refractivity contribution in [3.8, 4) is 0 Å². The molecule has 1 N–H and O–H groups in total. The van der Waals surface area contributed by atoms with Crippen molar-refractivity contribution in [1.29, 1.82) is 0 Å². The summed E-state index contributed by atoms with van der Waals surface area (Å²) in [5.74, 6) is -3.21. The van der Waals surface area contributed by atoms with Gasteiger partial charge in [-0.2, -0.15) is 0 Å². The zero-order chi connectivity index (χ0) is 15.9. The lowest BCUT2D eigenvalue weighted by Crippen LogP contribution is -2.34. The van der Waals surface area contributed by atoms with E-state index in [1.54, 1.807) is 6.92 Å². The average Bonchev–Trinajstić information content (AvgIpc) is 2.44. The van der Waals surface area contributed by atoms with E-state index >= 15 is 0 Å². The second kappa shape index (κ2) is 19.7. The Bertz CT molecular complexity index is 367. The molecule has 0 aromatic heterocycles. The number of hydrogen-bond donors (Lipinski definition) is 1. The molecule has 0 amide bonds. The number of carboxylic acid groups (broad SMARTS) is 1. The molecule has 6 nitrogen and oxygen atoms in total. The van der Waals surface area contributed by atoms with Gasteiger partial charge in [0, 0.05) is 0 Å². The molecule has 0 aliphatic heterocycles. The van der Waals surface area contributed by atoms with E-state index in [9.17, 15) is 14.4 Å². The van der Waals surface area contributed by atoms with Crippen molar-refractivity contribution in [2.75, 3.05) is 14.2 Å². The summed E-state index contributed by atoms with van der Waals surface area (Å²) in [6.07, 6.45) is 0.837.